The van der Waals surface area contributed by atoms with Gasteiger partial charge < -0.3 is 10.2 Å². The Morgan fingerprint density at radius 3 is 2.77 bits per heavy atom. The zero-order valence-electron chi connectivity index (χ0n) is 19.4. The van der Waals surface area contributed by atoms with Gasteiger partial charge in [0, 0.05) is 37.0 Å². The van der Waals surface area contributed by atoms with Crippen molar-refractivity contribution in [1.82, 2.24) is 19.1 Å². The van der Waals surface area contributed by atoms with E-state index in [4.69, 9.17) is 4.98 Å². The fourth-order valence-electron chi connectivity index (χ4n) is 6.17. The first-order valence-electron chi connectivity index (χ1n) is 11.9. The molecule has 186 valence electrons. The number of halogens is 4. The summed E-state index contributed by atoms with van der Waals surface area (Å²) >= 11 is 1.54. The molecule has 3 aliphatic heterocycles. The highest BCUT2D eigenvalue weighted by Crippen LogP contribution is 2.52. The topological polar surface area (TPSA) is 58.9 Å². The third-order valence-electron chi connectivity index (χ3n) is 7.74. The van der Waals surface area contributed by atoms with Crippen LogP contribution >= 0.6 is 11.5 Å². The number of hydrogen-bond donors (Lipinski definition) is 1. The van der Waals surface area contributed by atoms with E-state index in [1.807, 2.05) is 6.92 Å². The van der Waals surface area contributed by atoms with Crippen LogP contribution in [0, 0.1) is 24.1 Å². The number of nitrogens with one attached hydrogen (secondary N) is 1. The summed E-state index contributed by atoms with van der Waals surface area (Å²) in [5.74, 6) is 0.00471. The van der Waals surface area contributed by atoms with Gasteiger partial charge in [-0.05, 0) is 67.4 Å². The predicted octanol–water partition coefficient (Wildman–Crippen LogP) is 5.45. The summed E-state index contributed by atoms with van der Waals surface area (Å²) in [4.78, 5) is 7.14. The average Bonchev–Trinajstić information content (AvgIpc) is 3.42. The summed E-state index contributed by atoms with van der Waals surface area (Å²) in [5, 5.41) is 9.40. The molecule has 1 saturated carbocycles. The Morgan fingerprint density at radius 1 is 1.23 bits per heavy atom. The highest BCUT2D eigenvalue weighted by Gasteiger charge is 2.56. The van der Waals surface area contributed by atoms with Crippen molar-refractivity contribution in [3.05, 3.63) is 52.7 Å². The number of anilines is 2. The van der Waals surface area contributed by atoms with Gasteiger partial charge in [0.05, 0.1) is 11.3 Å². The minimum atomic E-state index is -4.74. The van der Waals surface area contributed by atoms with Gasteiger partial charge in [0.1, 0.15) is 16.6 Å². The SMILES string of the molecule is Cc1cc(N2C[C@H]3CC(C)(C2)C3Nc2nc3n(n2)CCCC3c2ccc(F)c(C(F)(F)F)c2)sn1. The molecule has 0 amide bonds. The van der Waals surface area contributed by atoms with Gasteiger partial charge in [-0.15, -0.1) is 5.10 Å². The standard InChI is InChI=1S/C24H26F4N6S/c1-13-8-19(35-32-13)33-11-15-10-23(2,12-33)20(15)29-22-30-21-16(4-3-7-34(21)31-22)14-5-6-18(25)17(9-14)24(26,27)28/h5-6,8-9,15-16,20H,3-4,7,10-12H2,1-2H3,(H,29,31)/t15-,16?,20?,23?/m1/s1. The average molecular weight is 507 g/mol. The van der Waals surface area contributed by atoms with Crippen LogP contribution in [0.3, 0.4) is 0 Å². The smallest absolute Gasteiger partial charge is 0.361 e. The number of piperidine rings is 2. The normalized spacial score (nSPS) is 27.9. The van der Waals surface area contributed by atoms with E-state index in [0.717, 1.165) is 43.8 Å². The minimum absolute atomic E-state index is 0.0740. The molecule has 3 unspecified atom stereocenters. The number of nitrogens with zero attached hydrogens (tertiary/aromatic N) is 5. The maximum absolute atomic E-state index is 13.8. The van der Waals surface area contributed by atoms with Crippen LogP contribution in [0.1, 0.15) is 54.7 Å². The van der Waals surface area contributed by atoms with Crippen LogP contribution in [0.5, 0.6) is 0 Å². The van der Waals surface area contributed by atoms with Gasteiger partial charge in [0.2, 0.25) is 5.95 Å². The van der Waals surface area contributed by atoms with Crippen molar-refractivity contribution in [3.63, 3.8) is 0 Å². The molecule has 4 aliphatic rings. The van der Waals surface area contributed by atoms with Crippen LogP contribution in [0.15, 0.2) is 24.3 Å². The third kappa shape index (κ3) is 3.88. The molecule has 2 bridgehead atoms. The Morgan fingerprint density at radius 2 is 2.06 bits per heavy atom. The lowest BCUT2D eigenvalue weighted by atomic mass is 9.56. The molecular weight excluding hydrogens is 480 g/mol. The lowest BCUT2D eigenvalue weighted by Gasteiger charge is -2.61. The summed E-state index contributed by atoms with van der Waals surface area (Å²) in [5.41, 5.74) is 0.294. The van der Waals surface area contributed by atoms with Gasteiger partial charge in [-0.2, -0.15) is 22.5 Å². The van der Waals surface area contributed by atoms with Crippen LogP contribution in [0.4, 0.5) is 28.5 Å². The lowest BCUT2D eigenvalue weighted by Crippen LogP contribution is -2.67. The number of aryl methyl sites for hydroxylation is 2. The van der Waals surface area contributed by atoms with Crippen molar-refractivity contribution in [2.24, 2.45) is 11.3 Å². The van der Waals surface area contributed by atoms with E-state index < -0.39 is 17.6 Å². The molecule has 3 aromatic rings. The summed E-state index contributed by atoms with van der Waals surface area (Å²) in [6, 6.07) is 5.62. The van der Waals surface area contributed by atoms with Crippen molar-refractivity contribution in [2.45, 2.75) is 57.8 Å². The molecule has 6 nitrogen and oxygen atoms in total. The van der Waals surface area contributed by atoms with Crippen molar-refractivity contribution >= 4 is 22.5 Å². The largest absolute Gasteiger partial charge is 0.419 e. The summed E-state index contributed by atoms with van der Waals surface area (Å²) in [7, 11) is 0. The van der Waals surface area contributed by atoms with E-state index in [9.17, 15) is 17.6 Å². The fourth-order valence-corrected chi connectivity index (χ4v) is 6.94. The number of alkyl halides is 3. The van der Waals surface area contributed by atoms with Crippen molar-refractivity contribution in [3.8, 4) is 0 Å². The molecular formula is C24H26F4N6S. The Bertz CT molecular complexity index is 1270. The first kappa shape index (κ1) is 22.8. The number of rotatable bonds is 4. The number of fused-ring (bicyclic) bond motifs is 3. The highest BCUT2D eigenvalue weighted by atomic mass is 32.1. The Labute approximate surface area is 204 Å². The van der Waals surface area contributed by atoms with E-state index >= 15 is 0 Å². The van der Waals surface area contributed by atoms with Crippen LogP contribution in [-0.2, 0) is 12.7 Å². The van der Waals surface area contributed by atoms with E-state index in [1.165, 1.54) is 22.6 Å². The first-order chi connectivity index (χ1) is 16.6. The lowest BCUT2D eigenvalue weighted by molar-refractivity contribution is -0.140. The van der Waals surface area contributed by atoms with Crippen LogP contribution in [-0.4, -0.2) is 38.3 Å². The van der Waals surface area contributed by atoms with Gasteiger partial charge in [0.25, 0.3) is 0 Å². The van der Waals surface area contributed by atoms with E-state index in [1.54, 1.807) is 4.68 Å². The first-order valence-corrected chi connectivity index (χ1v) is 12.6. The van der Waals surface area contributed by atoms with E-state index in [2.05, 4.69) is 32.7 Å². The predicted molar refractivity (Wildman–Crippen MR) is 125 cm³/mol. The van der Waals surface area contributed by atoms with Gasteiger partial charge >= 0.3 is 6.18 Å². The molecule has 11 heteroatoms. The number of hydrogen-bond acceptors (Lipinski definition) is 6. The number of benzene rings is 1. The van der Waals surface area contributed by atoms with Crippen LogP contribution in [0.2, 0.25) is 0 Å². The van der Waals surface area contributed by atoms with Gasteiger partial charge in [0.15, 0.2) is 0 Å². The van der Waals surface area contributed by atoms with Gasteiger partial charge in [-0.1, -0.05) is 13.0 Å². The molecule has 1 aromatic carbocycles. The second-order valence-corrected chi connectivity index (χ2v) is 11.2. The summed E-state index contributed by atoms with van der Waals surface area (Å²) in [6.45, 7) is 6.82. The quantitative estimate of drug-likeness (QED) is 0.477. The van der Waals surface area contributed by atoms with Crippen LogP contribution in [0.25, 0.3) is 0 Å². The Hall–Kier alpha value is -2.69. The number of aromatic nitrogens is 4. The Balaban J connectivity index is 1.22. The fraction of sp³-hybridized carbons (Fsp3) is 0.542. The second-order valence-electron chi connectivity index (χ2n) is 10.4. The zero-order chi connectivity index (χ0) is 24.5. The Kier molecular flexibility index (Phi) is 5.14. The maximum atomic E-state index is 13.8. The minimum Gasteiger partial charge on any atom is -0.361 e. The van der Waals surface area contributed by atoms with Crippen molar-refractivity contribution in [1.29, 1.82) is 0 Å². The molecule has 1 N–H and O–H groups in total. The maximum Gasteiger partial charge on any atom is 0.419 e. The molecule has 1 aliphatic carbocycles. The molecule has 0 radical (unpaired) electrons. The van der Waals surface area contributed by atoms with E-state index in [-0.39, 0.29) is 17.4 Å². The third-order valence-corrected chi connectivity index (χ3v) is 8.68. The van der Waals surface area contributed by atoms with Gasteiger partial charge in [-0.25, -0.2) is 9.07 Å². The monoisotopic (exact) mass is 506 g/mol. The zero-order valence-corrected chi connectivity index (χ0v) is 20.3. The molecule has 5 heterocycles. The molecule has 0 spiro atoms. The van der Waals surface area contributed by atoms with Gasteiger partial charge in [-0.3, -0.25) is 0 Å². The second kappa shape index (κ2) is 7.91. The highest BCUT2D eigenvalue weighted by molar-refractivity contribution is 7.10. The van der Waals surface area contributed by atoms with Crippen LogP contribution < -0.4 is 10.2 Å². The van der Waals surface area contributed by atoms with Crippen molar-refractivity contribution < 1.29 is 17.6 Å². The molecule has 2 saturated heterocycles. The molecule has 3 fully saturated rings. The van der Waals surface area contributed by atoms with E-state index in [0.29, 0.717) is 36.2 Å². The molecule has 7 rings (SSSR count). The van der Waals surface area contributed by atoms with Crippen molar-refractivity contribution in [2.75, 3.05) is 23.3 Å². The summed E-state index contributed by atoms with van der Waals surface area (Å²) in [6.07, 6.45) is -2.19. The molecule has 2 aromatic heterocycles. The molecule has 35 heavy (non-hydrogen) atoms. The molecule has 4 atom stereocenters. The summed E-state index contributed by atoms with van der Waals surface area (Å²) < 4.78 is 59.9.